The summed E-state index contributed by atoms with van der Waals surface area (Å²) in [4.78, 5) is 42.9. The Morgan fingerprint density at radius 2 is 0.778 bits per heavy atom. The molecule has 0 amide bonds. The quantitative estimate of drug-likeness (QED) is 0.0272. The first kappa shape index (κ1) is 52.5. The van der Waals surface area contributed by atoms with Gasteiger partial charge in [0.05, 0.1) is 6.61 Å². The lowest BCUT2D eigenvalue weighted by Gasteiger charge is -2.18. The van der Waals surface area contributed by atoms with Gasteiger partial charge in [-0.05, 0) is 64.2 Å². The summed E-state index contributed by atoms with van der Waals surface area (Å²) in [5.41, 5.74) is 0. The molecule has 0 fully saturated rings. The van der Waals surface area contributed by atoms with Crippen LogP contribution in [0.25, 0.3) is 0 Å². The third-order valence-electron chi connectivity index (χ3n) is 9.94. The van der Waals surface area contributed by atoms with E-state index < -0.39 is 32.5 Å². The highest BCUT2D eigenvalue weighted by Crippen LogP contribution is 2.36. The zero-order valence-electron chi connectivity index (χ0n) is 35.1. The number of ether oxygens (including phenoxy) is 2. The Morgan fingerprint density at radius 1 is 0.463 bits per heavy atom. The van der Waals surface area contributed by atoms with Crippen molar-refractivity contribution in [3.63, 3.8) is 0 Å². The molecule has 0 aliphatic carbocycles. The minimum atomic E-state index is -4.75. The standard InChI is InChI=1S/C45H85O8P/c1-3-5-7-9-11-13-15-17-19-20-21-22-23-24-26-28-30-32-34-36-38-40-45(47)53-43(42-52-54(48,49)50)41-51-44(46)39-37-35-33-31-29-27-25-18-16-14-12-10-8-6-4-2/h14,16-17,19,43H,3-13,15,18,20-42H2,1-2H3,(H2,48,49,50)/b16-14+,19-17+/t43-/m1/s1. The van der Waals surface area contributed by atoms with Crippen LogP contribution in [-0.4, -0.2) is 41.0 Å². The van der Waals surface area contributed by atoms with E-state index >= 15 is 0 Å². The molecule has 0 radical (unpaired) electrons. The number of allylic oxidation sites excluding steroid dienone is 4. The minimum absolute atomic E-state index is 0.213. The van der Waals surface area contributed by atoms with Gasteiger partial charge in [0, 0.05) is 12.8 Å². The van der Waals surface area contributed by atoms with Gasteiger partial charge in [-0.3, -0.25) is 14.1 Å². The monoisotopic (exact) mass is 785 g/mol. The number of rotatable bonds is 42. The zero-order chi connectivity index (χ0) is 39.6. The fourth-order valence-electron chi connectivity index (χ4n) is 6.54. The topological polar surface area (TPSA) is 119 Å². The number of carbonyl (C=O) groups is 2. The molecule has 8 nitrogen and oxygen atoms in total. The molecule has 0 saturated heterocycles. The highest BCUT2D eigenvalue weighted by Gasteiger charge is 2.23. The number of unbranched alkanes of at least 4 members (excludes halogenated alkanes) is 28. The number of carbonyl (C=O) groups excluding carboxylic acids is 2. The molecule has 0 aromatic carbocycles. The summed E-state index contributed by atoms with van der Waals surface area (Å²) >= 11 is 0. The van der Waals surface area contributed by atoms with Crippen molar-refractivity contribution in [1.29, 1.82) is 0 Å². The van der Waals surface area contributed by atoms with Crippen molar-refractivity contribution in [3.05, 3.63) is 24.3 Å². The Hall–Kier alpha value is -1.47. The summed E-state index contributed by atoms with van der Waals surface area (Å²) in [5, 5.41) is 0. The van der Waals surface area contributed by atoms with E-state index in [-0.39, 0.29) is 19.4 Å². The van der Waals surface area contributed by atoms with Crippen LogP contribution in [0.15, 0.2) is 24.3 Å². The molecular weight excluding hydrogens is 699 g/mol. The van der Waals surface area contributed by atoms with Gasteiger partial charge in [-0.15, -0.1) is 0 Å². The van der Waals surface area contributed by atoms with Gasteiger partial charge >= 0.3 is 19.8 Å². The van der Waals surface area contributed by atoms with E-state index in [4.69, 9.17) is 19.3 Å². The normalized spacial score (nSPS) is 12.6. The van der Waals surface area contributed by atoms with Crippen LogP contribution in [0.3, 0.4) is 0 Å². The summed E-state index contributed by atoms with van der Waals surface area (Å²) in [7, 11) is -4.75. The van der Waals surface area contributed by atoms with Crippen LogP contribution in [0.4, 0.5) is 0 Å². The average molecular weight is 785 g/mol. The third kappa shape index (κ3) is 43.3. The highest BCUT2D eigenvalue weighted by atomic mass is 31.2. The molecular formula is C45H85O8P. The maximum Gasteiger partial charge on any atom is 0.469 e. The molecule has 0 unspecified atom stereocenters. The lowest BCUT2D eigenvalue weighted by Crippen LogP contribution is -2.29. The van der Waals surface area contributed by atoms with E-state index in [0.717, 1.165) is 51.4 Å². The Morgan fingerprint density at radius 3 is 1.15 bits per heavy atom. The van der Waals surface area contributed by atoms with Crippen LogP contribution in [0, 0.1) is 0 Å². The van der Waals surface area contributed by atoms with Gasteiger partial charge in [0.2, 0.25) is 0 Å². The van der Waals surface area contributed by atoms with E-state index in [2.05, 4.69) is 42.7 Å². The molecule has 0 rings (SSSR count). The second-order valence-corrected chi connectivity index (χ2v) is 16.6. The summed E-state index contributed by atoms with van der Waals surface area (Å²) in [6, 6.07) is 0. The van der Waals surface area contributed by atoms with E-state index in [1.807, 2.05) is 0 Å². The largest absolute Gasteiger partial charge is 0.469 e. The van der Waals surface area contributed by atoms with Gasteiger partial charge in [-0.25, -0.2) is 4.57 Å². The molecule has 318 valence electrons. The molecule has 0 aromatic rings. The number of hydrogen-bond donors (Lipinski definition) is 2. The Balaban J connectivity index is 3.85. The Labute approximate surface area is 332 Å². The number of esters is 2. The van der Waals surface area contributed by atoms with Crippen LogP contribution in [-0.2, 0) is 28.2 Å². The SMILES string of the molecule is CCCCCC/C=C/CCCCCCCCCC(=O)OC[C@H](COP(=O)(O)O)OC(=O)CCCCCCCCCCCCC/C=C/CCCCCCCC. The first-order chi connectivity index (χ1) is 26.3. The summed E-state index contributed by atoms with van der Waals surface area (Å²) in [6.07, 6.45) is 47.6. The first-order valence-corrected chi connectivity index (χ1v) is 24.2. The van der Waals surface area contributed by atoms with Gasteiger partial charge in [-0.1, -0.05) is 179 Å². The number of phosphoric acid groups is 1. The van der Waals surface area contributed by atoms with Crippen molar-refractivity contribution in [2.75, 3.05) is 13.2 Å². The summed E-state index contributed by atoms with van der Waals surface area (Å²) in [6.45, 7) is 3.69. The molecule has 0 bridgehead atoms. The van der Waals surface area contributed by atoms with Crippen LogP contribution in [0.5, 0.6) is 0 Å². The number of hydrogen-bond acceptors (Lipinski definition) is 6. The molecule has 2 N–H and O–H groups in total. The predicted molar refractivity (Wildman–Crippen MR) is 225 cm³/mol. The van der Waals surface area contributed by atoms with E-state index in [1.54, 1.807) is 0 Å². The molecule has 0 heterocycles. The van der Waals surface area contributed by atoms with Crippen molar-refractivity contribution in [2.24, 2.45) is 0 Å². The minimum Gasteiger partial charge on any atom is -0.462 e. The van der Waals surface area contributed by atoms with Gasteiger partial charge in [0.15, 0.2) is 6.10 Å². The van der Waals surface area contributed by atoms with E-state index in [1.165, 1.54) is 148 Å². The van der Waals surface area contributed by atoms with Crippen LogP contribution in [0.2, 0.25) is 0 Å². The summed E-state index contributed by atoms with van der Waals surface area (Å²) < 4.78 is 26.4. The summed E-state index contributed by atoms with van der Waals surface area (Å²) in [5.74, 6) is -0.882. The van der Waals surface area contributed by atoms with Gasteiger partial charge in [0.25, 0.3) is 0 Å². The van der Waals surface area contributed by atoms with E-state index in [0.29, 0.717) is 6.42 Å². The molecule has 0 aliphatic rings. The van der Waals surface area contributed by atoms with Gasteiger partial charge in [0.1, 0.15) is 6.61 Å². The van der Waals surface area contributed by atoms with Crippen molar-refractivity contribution >= 4 is 19.8 Å². The maximum absolute atomic E-state index is 12.4. The van der Waals surface area contributed by atoms with Crippen LogP contribution >= 0.6 is 7.82 Å². The molecule has 0 aromatic heterocycles. The fraction of sp³-hybridized carbons (Fsp3) is 0.867. The van der Waals surface area contributed by atoms with Crippen molar-refractivity contribution in [3.8, 4) is 0 Å². The average Bonchev–Trinajstić information content (AvgIpc) is 3.14. The fourth-order valence-corrected chi connectivity index (χ4v) is 6.90. The lowest BCUT2D eigenvalue weighted by molar-refractivity contribution is -0.161. The maximum atomic E-state index is 12.4. The van der Waals surface area contributed by atoms with Gasteiger partial charge < -0.3 is 19.3 Å². The van der Waals surface area contributed by atoms with Gasteiger partial charge in [-0.2, -0.15) is 0 Å². The highest BCUT2D eigenvalue weighted by molar-refractivity contribution is 7.46. The second kappa shape index (κ2) is 41.2. The molecule has 0 saturated carbocycles. The van der Waals surface area contributed by atoms with Crippen LogP contribution in [0.1, 0.15) is 232 Å². The zero-order valence-corrected chi connectivity index (χ0v) is 36.0. The molecule has 0 spiro atoms. The van der Waals surface area contributed by atoms with Crippen molar-refractivity contribution in [2.45, 2.75) is 238 Å². The van der Waals surface area contributed by atoms with Crippen molar-refractivity contribution < 1.29 is 37.9 Å². The number of phosphoric ester groups is 1. The third-order valence-corrected chi connectivity index (χ3v) is 10.4. The Kier molecular flexibility index (Phi) is 40.1. The Bertz CT molecular complexity index is 931. The predicted octanol–water partition coefficient (Wildman–Crippen LogP) is 14.0. The van der Waals surface area contributed by atoms with E-state index in [9.17, 15) is 14.2 Å². The molecule has 9 heteroatoms. The molecule has 54 heavy (non-hydrogen) atoms. The second-order valence-electron chi connectivity index (χ2n) is 15.4. The molecule has 1 atom stereocenters. The smallest absolute Gasteiger partial charge is 0.462 e. The van der Waals surface area contributed by atoms with Crippen LogP contribution < -0.4 is 0 Å². The molecule has 0 aliphatic heterocycles. The lowest BCUT2D eigenvalue weighted by atomic mass is 10.0. The first-order valence-electron chi connectivity index (χ1n) is 22.6. The van der Waals surface area contributed by atoms with Crippen molar-refractivity contribution in [1.82, 2.24) is 0 Å².